The van der Waals surface area contributed by atoms with Crippen molar-refractivity contribution in [3.63, 3.8) is 0 Å². The topological polar surface area (TPSA) is 117 Å². The summed E-state index contributed by atoms with van der Waals surface area (Å²) in [6, 6.07) is 13.4. The Morgan fingerprint density at radius 3 is 2.74 bits per heavy atom. The number of aromatic nitrogens is 4. The molecule has 10 nitrogen and oxygen atoms in total. The fourth-order valence-corrected chi connectivity index (χ4v) is 3.32. The third kappa shape index (κ3) is 4.08. The van der Waals surface area contributed by atoms with Crippen LogP contribution in [0.25, 0.3) is 10.8 Å². The van der Waals surface area contributed by atoms with Gasteiger partial charge in [0.15, 0.2) is 0 Å². The Labute approximate surface area is 177 Å². The molecule has 0 aliphatic heterocycles. The molecule has 0 saturated carbocycles. The Bertz CT molecular complexity index is 1260. The number of nitro groups is 1. The van der Waals surface area contributed by atoms with Crippen molar-refractivity contribution in [3.05, 3.63) is 76.7 Å². The number of anilines is 1. The third-order valence-electron chi connectivity index (χ3n) is 4.96. The first-order valence-corrected chi connectivity index (χ1v) is 9.53. The molecule has 10 heteroatoms. The number of benzene rings is 2. The highest BCUT2D eigenvalue weighted by Crippen LogP contribution is 2.26. The van der Waals surface area contributed by atoms with E-state index in [4.69, 9.17) is 4.74 Å². The van der Waals surface area contributed by atoms with Gasteiger partial charge in [0.05, 0.1) is 30.5 Å². The van der Waals surface area contributed by atoms with Gasteiger partial charge >= 0.3 is 11.6 Å². The zero-order chi connectivity index (χ0) is 22.0. The highest BCUT2D eigenvalue weighted by Gasteiger charge is 2.25. The van der Waals surface area contributed by atoms with Gasteiger partial charge in [-0.2, -0.15) is 5.10 Å². The first-order chi connectivity index (χ1) is 15.0. The number of nitrogens with zero attached hydrogens (tertiary/aromatic N) is 5. The molecular weight excluding hydrogens is 400 g/mol. The Morgan fingerprint density at radius 1 is 1.23 bits per heavy atom. The lowest BCUT2D eigenvalue weighted by Crippen LogP contribution is -2.23. The van der Waals surface area contributed by atoms with Crippen LogP contribution < -0.4 is 10.1 Å². The second-order valence-electron chi connectivity index (χ2n) is 6.99. The summed E-state index contributed by atoms with van der Waals surface area (Å²) < 4.78 is 7.85. The van der Waals surface area contributed by atoms with Crippen molar-refractivity contribution in [1.29, 1.82) is 0 Å². The number of amides is 1. The standard InChI is InChI=1S/C21H20N6O4/c1-14(26-13-19(27(29)30)21(24-26)31-2)20(28)23-17-10-22-25(12-17)11-16-8-5-7-15-6-3-4-9-18(15)16/h3-10,12-14H,11H2,1-2H3,(H,23,28). The lowest BCUT2D eigenvalue weighted by Gasteiger charge is -2.11. The Balaban J connectivity index is 1.47. The number of nitrogens with one attached hydrogen (secondary N) is 1. The lowest BCUT2D eigenvalue weighted by molar-refractivity contribution is -0.385. The van der Waals surface area contributed by atoms with Crippen molar-refractivity contribution < 1.29 is 14.5 Å². The molecule has 2 aromatic carbocycles. The number of carbonyl (C=O) groups excluding carboxylic acids is 1. The number of methoxy groups -OCH3 is 1. The van der Waals surface area contributed by atoms with Gasteiger partial charge in [0.2, 0.25) is 5.91 Å². The molecule has 0 spiro atoms. The summed E-state index contributed by atoms with van der Waals surface area (Å²) in [5, 5.41) is 24.4. The first-order valence-electron chi connectivity index (χ1n) is 9.53. The summed E-state index contributed by atoms with van der Waals surface area (Å²) in [6.45, 7) is 2.14. The molecule has 0 bridgehead atoms. The van der Waals surface area contributed by atoms with Gasteiger partial charge in [-0.25, -0.2) is 4.68 Å². The average molecular weight is 420 g/mol. The van der Waals surface area contributed by atoms with E-state index in [1.165, 1.54) is 18.0 Å². The van der Waals surface area contributed by atoms with Gasteiger partial charge in [0.25, 0.3) is 0 Å². The van der Waals surface area contributed by atoms with Gasteiger partial charge in [0.1, 0.15) is 12.2 Å². The fourth-order valence-electron chi connectivity index (χ4n) is 3.32. The SMILES string of the molecule is COc1nn(C(C)C(=O)Nc2cnn(Cc3cccc4ccccc34)c2)cc1[N+](=O)[O-]. The van der Waals surface area contributed by atoms with Crippen LogP contribution in [0.1, 0.15) is 18.5 Å². The second-order valence-corrected chi connectivity index (χ2v) is 6.99. The van der Waals surface area contributed by atoms with Crippen LogP contribution in [0.3, 0.4) is 0 Å². The number of ether oxygens (including phenoxy) is 1. The lowest BCUT2D eigenvalue weighted by atomic mass is 10.0. The molecular formula is C21H20N6O4. The van der Waals surface area contributed by atoms with Gasteiger partial charge in [-0.1, -0.05) is 42.5 Å². The Kier molecular flexibility index (Phi) is 5.35. The van der Waals surface area contributed by atoms with Crippen LogP contribution in [-0.2, 0) is 11.3 Å². The summed E-state index contributed by atoms with van der Waals surface area (Å²) >= 11 is 0. The van der Waals surface area contributed by atoms with E-state index >= 15 is 0 Å². The minimum atomic E-state index is -0.788. The average Bonchev–Trinajstić information content (AvgIpc) is 3.40. The van der Waals surface area contributed by atoms with Crippen molar-refractivity contribution in [1.82, 2.24) is 19.6 Å². The summed E-state index contributed by atoms with van der Waals surface area (Å²) in [7, 11) is 1.29. The maximum Gasteiger partial charge on any atom is 0.350 e. The van der Waals surface area contributed by atoms with E-state index in [0.29, 0.717) is 12.2 Å². The molecule has 2 aromatic heterocycles. The molecule has 0 saturated heterocycles. The minimum Gasteiger partial charge on any atom is -0.475 e. The monoisotopic (exact) mass is 420 g/mol. The van der Waals surface area contributed by atoms with E-state index in [-0.39, 0.29) is 17.5 Å². The summed E-state index contributed by atoms with van der Waals surface area (Å²) in [6.07, 6.45) is 4.47. The van der Waals surface area contributed by atoms with E-state index in [2.05, 4.69) is 33.7 Å². The van der Waals surface area contributed by atoms with Crippen molar-refractivity contribution >= 4 is 28.1 Å². The van der Waals surface area contributed by atoms with Crippen LogP contribution in [0.4, 0.5) is 11.4 Å². The molecule has 0 aliphatic carbocycles. The van der Waals surface area contributed by atoms with Crippen LogP contribution in [0, 0.1) is 10.1 Å². The summed E-state index contributed by atoms with van der Waals surface area (Å²) in [5.41, 5.74) is 1.33. The molecule has 2 heterocycles. The zero-order valence-corrected chi connectivity index (χ0v) is 16.9. The predicted octanol–water partition coefficient (Wildman–Crippen LogP) is 3.40. The molecule has 1 amide bonds. The van der Waals surface area contributed by atoms with E-state index in [9.17, 15) is 14.9 Å². The fraction of sp³-hybridized carbons (Fsp3) is 0.190. The maximum absolute atomic E-state index is 12.6. The summed E-state index contributed by atoms with van der Waals surface area (Å²) in [5.74, 6) is -0.530. The highest BCUT2D eigenvalue weighted by atomic mass is 16.6. The van der Waals surface area contributed by atoms with Crippen molar-refractivity contribution in [2.45, 2.75) is 19.5 Å². The molecule has 0 radical (unpaired) electrons. The van der Waals surface area contributed by atoms with Crippen LogP contribution in [-0.4, -0.2) is 37.5 Å². The van der Waals surface area contributed by atoms with E-state index in [1.807, 2.05) is 24.3 Å². The van der Waals surface area contributed by atoms with E-state index < -0.39 is 11.0 Å². The van der Waals surface area contributed by atoms with Crippen molar-refractivity contribution in [3.8, 4) is 5.88 Å². The van der Waals surface area contributed by atoms with Crippen LogP contribution in [0.2, 0.25) is 0 Å². The van der Waals surface area contributed by atoms with Crippen LogP contribution in [0.15, 0.2) is 61.1 Å². The molecule has 0 fully saturated rings. The van der Waals surface area contributed by atoms with Crippen molar-refractivity contribution in [2.24, 2.45) is 0 Å². The number of fused-ring (bicyclic) bond motifs is 1. The van der Waals surface area contributed by atoms with Crippen LogP contribution >= 0.6 is 0 Å². The smallest absolute Gasteiger partial charge is 0.350 e. The zero-order valence-electron chi connectivity index (χ0n) is 16.9. The molecule has 4 aromatic rings. The Hall–Kier alpha value is -4.21. The largest absolute Gasteiger partial charge is 0.475 e. The van der Waals surface area contributed by atoms with Crippen molar-refractivity contribution in [2.75, 3.05) is 12.4 Å². The molecule has 4 rings (SSSR count). The minimum absolute atomic E-state index is 0.146. The molecule has 0 aliphatic rings. The normalized spacial score (nSPS) is 11.9. The molecule has 1 N–H and O–H groups in total. The second kappa shape index (κ2) is 8.27. The number of hydrogen-bond acceptors (Lipinski definition) is 6. The van der Waals surface area contributed by atoms with E-state index in [0.717, 1.165) is 16.3 Å². The van der Waals surface area contributed by atoms with Gasteiger partial charge in [-0.05, 0) is 23.3 Å². The van der Waals surface area contributed by atoms with Gasteiger partial charge in [-0.3, -0.25) is 19.6 Å². The summed E-state index contributed by atoms with van der Waals surface area (Å²) in [4.78, 5) is 23.1. The first kappa shape index (κ1) is 20.1. The van der Waals surface area contributed by atoms with Gasteiger partial charge < -0.3 is 10.1 Å². The van der Waals surface area contributed by atoms with E-state index in [1.54, 1.807) is 24.0 Å². The molecule has 31 heavy (non-hydrogen) atoms. The Morgan fingerprint density at radius 2 is 2.00 bits per heavy atom. The molecule has 1 unspecified atom stereocenters. The number of hydrogen-bond donors (Lipinski definition) is 1. The predicted molar refractivity (Wildman–Crippen MR) is 114 cm³/mol. The number of rotatable bonds is 7. The highest BCUT2D eigenvalue weighted by molar-refractivity contribution is 5.93. The molecule has 1 atom stereocenters. The van der Waals surface area contributed by atoms with Crippen LogP contribution in [0.5, 0.6) is 5.88 Å². The van der Waals surface area contributed by atoms with Gasteiger partial charge in [-0.15, -0.1) is 5.10 Å². The molecule has 158 valence electrons. The quantitative estimate of drug-likeness (QED) is 0.362. The third-order valence-corrected chi connectivity index (χ3v) is 4.96. The van der Waals surface area contributed by atoms with Gasteiger partial charge in [0, 0.05) is 6.20 Å². The maximum atomic E-state index is 12.6. The number of carbonyl (C=O) groups is 1.